The molecule has 1 fully saturated rings. The normalized spacial score (nSPS) is 17.7. The zero-order valence-corrected chi connectivity index (χ0v) is 16.0. The number of rotatable bonds is 6. The van der Waals surface area contributed by atoms with E-state index in [-0.39, 0.29) is 0 Å². The van der Waals surface area contributed by atoms with E-state index in [1.54, 1.807) is 24.3 Å². The second-order valence-electron chi connectivity index (χ2n) is 6.70. The van der Waals surface area contributed by atoms with E-state index in [9.17, 15) is 8.42 Å². The summed E-state index contributed by atoms with van der Waals surface area (Å²) in [5.74, 6) is 0.684. The van der Waals surface area contributed by atoms with E-state index < -0.39 is 10.0 Å². The second kappa shape index (κ2) is 7.88. The number of ether oxygens (including phenoxy) is 2. The number of nitrogens with zero attached hydrogens (tertiary/aromatic N) is 2. The van der Waals surface area contributed by atoms with E-state index in [4.69, 9.17) is 9.47 Å². The quantitative estimate of drug-likeness (QED) is 0.759. The van der Waals surface area contributed by atoms with Crippen molar-refractivity contribution < 1.29 is 17.9 Å². The number of morpholine rings is 1. The van der Waals surface area contributed by atoms with Crippen LogP contribution >= 0.6 is 0 Å². The van der Waals surface area contributed by atoms with Crippen LogP contribution < -0.4 is 9.64 Å². The molecule has 0 spiro atoms. The van der Waals surface area contributed by atoms with Crippen LogP contribution in [0, 0.1) is 0 Å². The van der Waals surface area contributed by atoms with Gasteiger partial charge in [-0.3, -0.25) is 0 Å². The number of hydrogen-bond donors (Lipinski definition) is 0. The molecule has 7 heteroatoms. The van der Waals surface area contributed by atoms with Gasteiger partial charge in [-0.25, -0.2) is 8.42 Å². The number of fused-ring (bicyclic) bond motifs is 1. The van der Waals surface area contributed by atoms with Crippen LogP contribution in [0.2, 0.25) is 0 Å². The van der Waals surface area contributed by atoms with Gasteiger partial charge in [0, 0.05) is 25.3 Å². The van der Waals surface area contributed by atoms with Crippen molar-refractivity contribution in [2.45, 2.75) is 11.3 Å². The van der Waals surface area contributed by atoms with Crippen molar-refractivity contribution in [2.24, 2.45) is 0 Å². The third-order valence-corrected chi connectivity index (χ3v) is 6.96. The lowest BCUT2D eigenvalue weighted by Crippen LogP contribution is -2.40. The van der Waals surface area contributed by atoms with Crippen LogP contribution in [-0.4, -0.2) is 58.7 Å². The van der Waals surface area contributed by atoms with Crippen LogP contribution in [0.25, 0.3) is 0 Å². The lowest BCUT2D eigenvalue weighted by Gasteiger charge is -2.26. The van der Waals surface area contributed by atoms with Gasteiger partial charge in [0.1, 0.15) is 12.4 Å². The molecule has 144 valence electrons. The van der Waals surface area contributed by atoms with Gasteiger partial charge in [0.2, 0.25) is 10.0 Å². The summed E-state index contributed by atoms with van der Waals surface area (Å²) in [7, 11) is -3.46. The summed E-state index contributed by atoms with van der Waals surface area (Å²) >= 11 is 0. The fraction of sp³-hybridized carbons (Fsp3) is 0.400. The van der Waals surface area contributed by atoms with E-state index in [1.807, 2.05) is 0 Å². The van der Waals surface area contributed by atoms with Gasteiger partial charge in [-0.05, 0) is 42.3 Å². The van der Waals surface area contributed by atoms with Gasteiger partial charge in [0.25, 0.3) is 0 Å². The average Bonchev–Trinajstić information content (AvgIpc) is 3.12. The molecule has 2 aromatic carbocycles. The minimum absolute atomic E-state index is 0.297. The maximum atomic E-state index is 12.6. The standard InChI is InChI=1S/C20H24N2O4S/c23-27(24,22-12-14-25-15-13-22)19-7-5-18(6-8-19)26-16-11-21-10-9-17-3-1-2-4-20(17)21/h1-8H,9-16H2. The summed E-state index contributed by atoms with van der Waals surface area (Å²) in [6.45, 7) is 4.07. The van der Waals surface area contributed by atoms with Crippen molar-refractivity contribution in [3.8, 4) is 5.75 Å². The van der Waals surface area contributed by atoms with Gasteiger partial charge >= 0.3 is 0 Å². The molecule has 27 heavy (non-hydrogen) atoms. The first-order valence-corrected chi connectivity index (χ1v) is 10.7. The number of para-hydroxylation sites is 1. The Labute approximate surface area is 160 Å². The SMILES string of the molecule is O=S(=O)(c1ccc(OCCN2CCc3ccccc32)cc1)N1CCOCC1. The van der Waals surface area contributed by atoms with Crippen LogP contribution in [-0.2, 0) is 21.2 Å². The molecule has 0 aromatic heterocycles. The highest BCUT2D eigenvalue weighted by Crippen LogP contribution is 2.27. The Balaban J connectivity index is 1.33. The molecule has 2 heterocycles. The first-order valence-electron chi connectivity index (χ1n) is 9.28. The summed E-state index contributed by atoms with van der Waals surface area (Å²) < 4.78 is 37.8. The molecule has 6 nitrogen and oxygen atoms in total. The van der Waals surface area contributed by atoms with Crippen LogP contribution in [0.5, 0.6) is 5.75 Å². The maximum absolute atomic E-state index is 12.6. The minimum atomic E-state index is -3.46. The molecule has 2 aliphatic rings. The van der Waals surface area contributed by atoms with Crippen molar-refractivity contribution in [3.05, 3.63) is 54.1 Å². The number of sulfonamides is 1. The van der Waals surface area contributed by atoms with Crippen LogP contribution in [0.15, 0.2) is 53.4 Å². The molecule has 0 amide bonds. The van der Waals surface area contributed by atoms with Crippen LogP contribution in [0.1, 0.15) is 5.56 Å². The average molecular weight is 388 g/mol. The van der Waals surface area contributed by atoms with E-state index in [1.165, 1.54) is 15.6 Å². The van der Waals surface area contributed by atoms with E-state index >= 15 is 0 Å². The summed E-state index contributed by atoms with van der Waals surface area (Å²) in [5.41, 5.74) is 2.67. The summed E-state index contributed by atoms with van der Waals surface area (Å²) in [6.07, 6.45) is 1.07. The fourth-order valence-corrected chi connectivity index (χ4v) is 4.96. The largest absolute Gasteiger partial charge is 0.492 e. The Morgan fingerprint density at radius 2 is 1.70 bits per heavy atom. The molecule has 0 N–H and O–H groups in total. The second-order valence-corrected chi connectivity index (χ2v) is 8.64. The highest BCUT2D eigenvalue weighted by Gasteiger charge is 2.26. The molecule has 2 aromatic rings. The van der Waals surface area contributed by atoms with Gasteiger partial charge in [-0.15, -0.1) is 0 Å². The molecule has 0 bridgehead atoms. The third kappa shape index (κ3) is 3.95. The lowest BCUT2D eigenvalue weighted by atomic mass is 10.2. The number of hydrogen-bond acceptors (Lipinski definition) is 5. The van der Waals surface area contributed by atoms with E-state index in [2.05, 4.69) is 29.2 Å². The van der Waals surface area contributed by atoms with E-state index in [0.717, 1.165) is 19.5 Å². The van der Waals surface area contributed by atoms with E-state index in [0.29, 0.717) is 43.6 Å². The molecule has 0 aliphatic carbocycles. The Morgan fingerprint density at radius 1 is 0.963 bits per heavy atom. The monoisotopic (exact) mass is 388 g/mol. The zero-order chi connectivity index (χ0) is 18.7. The highest BCUT2D eigenvalue weighted by molar-refractivity contribution is 7.89. The van der Waals surface area contributed by atoms with Gasteiger partial charge in [0.15, 0.2) is 0 Å². The number of benzene rings is 2. The molecule has 1 saturated heterocycles. The molecule has 2 aliphatic heterocycles. The summed E-state index contributed by atoms with van der Waals surface area (Å²) in [4.78, 5) is 2.62. The molecule has 0 unspecified atom stereocenters. The molecule has 0 radical (unpaired) electrons. The van der Waals surface area contributed by atoms with Gasteiger partial charge in [0.05, 0.1) is 24.7 Å². The summed E-state index contributed by atoms with van der Waals surface area (Å²) in [5, 5.41) is 0. The molecule has 0 atom stereocenters. The lowest BCUT2D eigenvalue weighted by molar-refractivity contribution is 0.0730. The van der Waals surface area contributed by atoms with Crippen molar-refractivity contribution in [1.29, 1.82) is 0 Å². The van der Waals surface area contributed by atoms with Crippen molar-refractivity contribution in [3.63, 3.8) is 0 Å². The Hall–Kier alpha value is -2.09. The predicted molar refractivity (Wildman–Crippen MR) is 104 cm³/mol. The molecular weight excluding hydrogens is 364 g/mol. The smallest absolute Gasteiger partial charge is 0.243 e. The van der Waals surface area contributed by atoms with Crippen molar-refractivity contribution >= 4 is 15.7 Å². The topological polar surface area (TPSA) is 59.1 Å². The predicted octanol–water partition coefficient (Wildman–Crippen LogP) is 2.15. The minimum Gasteiger partial charge on any atom is -0.492 e. The van der Waals surface area contributed by atoms with Gasteiger partial charge in [-0.2, -0.15) is 4.31 Å². The Morgan fingerprint density at radius 3 is 2.48 bits per heavy atom. The fourth-order valence-electron chi connectivity index (χ4n) is 3.56. The van der Waals surface area contributed by atoms with Crippen molar-refractivity contribution in [2.75, 3.05) is 50.9 Å². The first kappa shape index (κ1) is 18.3. The molecule has 4 rings (SSSR count). The first-order chi connectivity index (χ1) is 13.1. The van der Waals surface area contributed by atoms with Gasteiger partial charge < -0.3 is 14.4 Å². The van der Waals surface area contributed by atoms with Gasteiger partial charge in [-0.1, -0.05) is 18.2 Å². The third-order valence-electron chi connectivity index (χ3n) is 5.04. The molecular formula is C20H24N2O4S. The van der Waals surface area contributed by atoms with Crippen LogP contribution in [0.3, 0.4) is 0 Å². The zero-order valence-electron chi connectivity index (χ0n) is 15.2. The molecule has 0 saturated carbocycles. The number of anilines is 1. The maximum Gasteiger partial charge on any atom is 0.243 e. The van der Waals surface area contributed by atoms with Crippen LogP contribution in [0.4, 0.5) is 5.69 Å². The Kier molecular flexibility index (Phi) is 5.33. The highest BCUT2D eigenvalue weighted by atomic mass is 32.2. The van der Waals surface area contributed by atoms with Crippen molar-refractivity contribution in [1.82, 2.24) is 4.31 Å². The Bertz CT molecular complexity index is 877. The summed E-state index contributed by atoms with van der Waals surface area (Å²) in [6, 6.07) is 15.1.